The van der Waals surface area contributed by atoms with Crippen molar-refractivity contribution in [2.24, 2.45) is 0 Å². The molecule has 0 bridgehead atoms. The largest absolute Gasteiger partial charge is 0.486 e. The van der Waals surface area contributed by atoms with Gasteiger partial charge in [0.05, 0.1) is 11.9 Å². The third-order valence-corrected chi connectivity index (χ3v) is 7.19. The van der Waals surface area contributed by atoms with Crippen molar-refractivity contribution in [1.29, 1.82) is 0 Å². The lowest BCUT2D eigenvalue weighted by atomic mass is 10.0. The van der Waals surface area contributed by atoms with Crippen LogP contribution in [0.25, 0.3) is 21.3 Å². The van der Waals surface area contributed by atoms with E-state index in [9.17, 15) is 9.18 Å². The molecule has 2 aromatic heterocycles. The maximum atomic E-state index is 13.3. The first-order chi connectivity index (χ1) is 16.2. The lowest BCUT2D eigenvalue weighted by Gasteiger charge is -2.26. The van der Waals surface area contributed by atoms with E-state index in [4.69, 9.17) is 14.5 Å². The molecule has 2 aromatic carbocycles. The van der Waals surface area contributed by atoms with Gasteiger partial charge in [0.25, 0.3) is 5.56 Å². The zero-order chi connectivity index (χ0) is 22.4. The Bertz CT molecular complexity index is 1380. The van der Waals surface area contributed by atoms with Crippen molar-refractivity contribution in [3.63, 3.8) is 0 Å². The first-order valence-corrected chi connectivity index (χ1v) is 11.9. The van der Waals surface area contributed by atoms with Gasteiger partial charge in [-0.2, -0.15) is 0 Å². The van der Waals surface area contributed by atoms with E-state index in [0.717, 1.165) is 42.0 Å². The van der Waals surface area contributed by atoms with Gasteiger partial charge in [0, 0.05) is 17.0 Å². The number of H-pyrrole nitrogens is 1. The molecule has 0 radical (unpaired) electrons. The van der Waals surface area contributed by atoms with Gasteiger partial charge in [0.1, 0.15) is 29.7 Å². The summed E-state index contributed by atoms with van der Waals surface area (Å²) < 4.78 is 24.7. The lowest BCUT2D eigenvalue weighted by Crippen LogP contribution is -2.26. The number of halogens is 1. The fraction of sp³-hybridized carbons (Fsp3) is 0.280. The van der Waals surface area contributed by atoms with Gasteiger partial charge < -0.3 is 14.5 Å². The fourth-order valence-corrected chi connectivity index (χ4v) is 5.73. The minimum absolute atomic E-state index is 0.161. The quantitative estimate of drug-likeness (QED) is 0.466. The van der Waals surface area contributed by atoms with Crippen LogP contribution in [0.3, 0.4) is 0 Å². The molecule has 33 heavy (non-hydrogen) atoms. The molecular formula is C25H22FN3O3S. The first-order valence-electron chi connectivity index (χ1n) is 11.1. The molecule has 2 aliphatic heterocycles. The Kier molecular flexibility index (Phi) is 5.11. The third kappa shape index (κ3) is 3.79. The second kappa shape index (κ2) is 8.28. The van der Waals surface area contributed by atoms with Crippen LogP contribution in [0.1, 0.15) is 30.3 Å². The fourth-order valence-electron chi connectivity index (χ4n) is 4.76. The van der Waals surface area contributed by atoms with Crippen molar-refractivity contribution in [2.45, 2.75) is 25.4 Å². The molecule has 1 N–H and O–H groups in total. The SMILES string of the molecule is O=c1[nH]c(CN2CCC[C@H]2c2ccc3c(c2)OCCO3)nc2scc(-c3ccc(F)cc3)c12. The summed E-state index contributed by atoms with van der Waals surface area (Å²) in [5, 5.41) is 2.47. The molecule has 0 aliphatic carbocycles. The molecule has 4 heterocycles. The summed E-state index contributed by atoms with van der Waals surface area (Å²) in [7, 11) is 0. The van der Waals surface area contributed by atoms with Crippen LogP contribution in [-0.2, 0) is 6.54 Å². The summed E-state index contributed by atoms with van der Waals surface area (Å²) in [5.41, 5.74) is 2.62. The van der Waals surface area contributed by atoms with E-state index in [1.165, 1.54) is 29.0 Å². The van der Waals surface area contributed by atoms with E-state index < -0.39 is 0 Å². The van der Waals surface area contributed by atoms with Crippen LogP contribution in [0, 0.1) is 5.82 Å². The second-order valence-corrected chi connectivity index (χ2v) is 9.24. The van der Waals surface area contributed by atoms with Crippen LogP contribution in [0.5, 0.6) is 11.5 Å². The maximum absolute atomic E-state index is 13.3. The van der Waals surface area contributed by atoms with Gasteiger partial charge in [-0.05, 0) is 54.8 Å². The number of aromatic nitrogens is 2. The predicted octanol–water partition coefficient (Wildman–Crippen LogP) is 4.90. The van der Waals surface area contributed by atoms with Crippen LogP contribution in [0.15, 0.2) is 52.6 Å². The number of fused-ring (bicyclic) bond motifs is 2. The van der Waals surface area contributed by atoms with Crippen molar-refractivity contribution in [1.82, 2.24) is 14.9 Å². The monoisotopic (exact) mass is 463 g/mol. The van der Waals surface area contributed by atoms with Crippen molar-refractivity contribution in [3.05, 3.63) is 75.4 Å². The minimum Gasteiger partial charge on any atom is -0.486 e. The first kappa shape index (κ1) is 20.4. The van der Waals surface area contributed by atoms with E-state index >= 15 is 0 Å². The molecule has 6 rings (SSSR count). The Hall–Kier alpha value is -3.23. The van der Waals surface area contributed by atoms with E-state index in [-0.39, 0.29) is 17.4 Å². The van der Waals surface area contributed by atoms with E-state index in [2.05, 4.69) is 22.0 Å². The summed E-state index contributed by atoms with van der Waals surface area (Å²) in [4.78, 5) is 23.8. The number of nitrogens with zero attached hydrogens (tertiary/aromatic N) is 2. The summed E-state index contributed by atoms with van der Waals surface area (Å²) in [5.74, 6) is 1.95. The smallest absolute Gasteiger partial charge is 0.260 e. The molecular weight excluding hydrogens is 441 g/mol. The maximum Gasteiger partial charge on any atom is 0.260 e. The Morgan fingerprint density at radius 1 is 1.12 bits per heavy atom. The summed E-state index contributed by atoms with van der Waals surface area (Å²) in [6.07, 6.45) is 2.12. The second-order valence-electron chi connectivity index (χ2n) is 8.38. The summed E-state index contributed by atoms with van der Waals surface area (Å²) >= 11 is 1.44. The third-order valence-electron chi connectivity index (χ3n) is 6.32. The van der Waals surface area contributed by atoms with Crippen molar-refractivity contribution in [2.75, 3.05) is 19.8 Å². The van der Waals surface area contributed by atoms with Gasteiger partial charge >= 0.3 is 0 Å². The van der Waals surface area contributed by atoms with E-state index in [0.29, 0.717) is 35.8 Å². The van der Waals surface area contributed by atoms with Gasteiger partial charge in [0.15, 0.2) is 11.5 Å². The van der Waals surface area contributed by atoms with Crippen molar-refractivity contribution >= 4 is 21.6 Å². The number of ether oxygens (including phenoxy) is 2. The van der Waals surface area contributed by atoms with Gasteiger partial charge in [-0.15, -0.1) is 11.3 Å². The molecule has 168 valence electrons. The van der Waals surface area contributed by atoms with E-state index in [1.54, 1.807) is 12.1 Å². The van der Waals surface area contributed by atoms with Crippen LogP contribution in [-0.4, -0.2) is 34.6 Å². The molecule has 0 saturated carbocycles. The Balaban J connectivity index is 1.28. The van der Waals surface area contributed by atoms with Crippen LogP contribution in [0.4, 0.5) is 4.39 Å². The van der Waals surface area contributed by atoms with Gasteiger partial charge in [0.2, 0.25) is 0 Å². The average molecular weight is 464 g/mol. The van der Waals surface area contributed by atoms with Gasteiger partial charge in [-0.3, -0.25) is 9.69 Å². The highest BCUT2D eigenvalue weighted by molar-refractivity contribution is 7.17. The highest BCUT2D eigenvalue weighted by atomic mass is 32.1. The van der Waals surface area contributed by atoms with Gasteiger partial charge in [-0.25, -0.2) is 9.37 Å². The number of likely N-dealkylation sites (tertiary alicyclic amines) is 1. The molecule has 0 spiro atoms. The predicted molar refractivity (Wildman–Crippen MR) is 125 cm³/mol. The van der Waals surface area contributed by atoms with Crippen LogP contribution in [0.2, 0.25) is 0 Å². The van der Waals surface area contributed by atoms with Gasteiger partial charge in [-0.1, -0.05) is 18.2 Å². The number of hydrogen-bond donors (Lipinski definition) is 1. The molecule has 1 atom stereocenters. The van der Waals surface area contributed by atoms with Crippen LogP contribution >= 0.6 is 11.3 Å². The standard InChI is InChI=1S/C25H22FN3O3S/c26-17-6-3-15(4-7-17)18-14-33-25-23(18)24(30)27-22(28-25)13-29-9-1-2-19(29)16-5-8-20-21(12-16)32-11-10-31-20/h3-8,12,14,19H,1-2,9-11,13H2,(H,27,28,30)/t19-/m0/s1. The molecule has 6 nitrogen and oxygen atoms in total. The Morgan fingerprint density at radius 2 is 1.94 bits per heavy atom. The number of hydrogen-bond acceptors (Lipinski definition) is 6. The lowest BCUT2D eigenvalue weighted by molar-refractivity contribution is 0.170. The Labute approximate surface area is 193 Å². The minimum atomic E-state index is -0.300. The summed E-state index contributed by atoms with van der Waals surface area (Å²) in [6.45, 7) is 2.64. The highest BCUT2D eigenvalue weighted by Gasteiger charge is 2.28. The number of aromatic amines is 1. The van der Waals surface area contributed by atoms with Crippen molar-refractivity contribution in [3.8, 4) is 22.6 Å². The molecule has 0 amide bonds. The zero-order valence-corrected chi connectivity index (χ0v) is 18.7. The number of nitrogens with one attached hydrogen (secondary N) is 1. The Morgan fingerprint density at radius 3 is 2.79 bits per heavy atom. The average Bonchev–Trinajstić information content (AvgIpc) is 3.47. The number of benzene rings is 2. The summed E-state index contributed by atoms with van der Waals surface area (Å²) in [6, 6.07) is 12.6. The molecule has 1 saturated heterocycles. The highest BCUT2D eigenvalue weighted by Crippen LogP contribution is 2.38. The molecule has 2 aliphatic rings. The number of thiophene rings is 1. The molecule has 1 fully saturated rings. The van der Waals surface area contributed by atoms with Crippen LogP contribution < -0.4 is 15.0 Å². The van der Waals surface area contributed by atoms with Crippen molar-refractivity contribution < 1.29 is 13.9 Å². The zero-order valence-electron chi connectivity index (χ0n) is 17.8. The molecule has 8 heteroatoms. The number of rotatable bonds is 4. The molecule has 4 aromatic rings. The molecule has 0 unspecified atom stereocenters. The topological polar surface area (TPSA) is 67.5 Å². The normalized spacial score (nSPS) is 18.2. The van der Waals surface area contributed by atoms with E-state index in [1.807, 2.05) is 11.4 Å².